The first kappa shape index (κ1) is 11.1. The van der Waals surface area contributed by atoms with Crippen molar-refractivity contribution in [3.63, 3.8) is 0 Å². The van der Waals surface area contributed by atoms with E-state index in [1.165, 1.54) is 0 Å². The molecular formula is C12H9Cl2NO2. The van der Waals surface area contributed by atoms with Gasteiger partial charge in [-0.15, -0.1) is 0 Å². The number of hydrogen-bond acceptors (Lipinski definition) is 2. The van der Waals surface area contributed by atoms with E-state index in [1.54, 1.807) is 17.0 Å². The summed E-state index contributed by atoms with van der Waals surface area (Å²) < 4.78 is 0. The largest absolute Gasteiger partial charge is 0.331 e. The Morgan fingerprint density at radius 1 is 1.18 bits per heavy atom. The molecule has 1 aromatic carbocycles. The first-order valence-electron chi connectivity index (χ1n) is 5.39. The van der Waals surface area contributed by atoms with Crippen LogP contribution in [0.2, 0.25) is 10.0 Å². The number of ketones is 1. The van der Waals surface area contributed by atoms with E-state index in [1.807, 2.05) is 0 Å². The Bertz CT molecular complexity index is 542. The lowest BCUT2D eigenvalue weighted by Crippen LogP contribution is -2.35. The number of rotatable bonds is 0. The number of carbonyl (C=O) groups excluding carboxylic acids is 2. The van der Waals surface area contributed by atoms with E-state index >= 15 is 0 Å². The zero-order valence-electron chi connectivity index (χ0n) is 8.87. The van der Waals surface area contributed by atoms with Gasteiger partial charge < -0.3 is 4.90 Å². The van der Waals surface area contributed by atoms with Gasteiger partial charge in [-0.1, -0.05) is 23.2 Å². The highest BCUT2D eigenvalue weighted by atomic mass is 35.5. The van der Waals surface area contributed by atoms with Gasteiger partial charge in [-0.2, -0.15) is 0 Å². The summed E-state index contributed by atoms with van der Waals surface area (Å²) in [4.78, 5) is 25.3. The van der Waals surface area contributed by atoms with Crippen LogP contribution in [-0.4, -0.2) is 23.1 Å². The van der Waals surface area contributed by atoms with Gasteiger partial charge >= 0.3 is 0 Å². The van der Waals surface area contributed by atoms with E-state index in [0.717, 1.165) is 5.56 Å². The molecule has 1 fully saturated rings. The summed E-state index contributed by atoms with van der Waals surface area (Å²) in [5.41, 5.74) is 1.41. The molecule has 0 aromatic heterocycles. The summed E-state index contributed by atoms with van der Waals surface area (Å²) in [5.74, 6) is 0.147. The van der Waals surface area contributed by atoms with Gasteiger partial charge in [0.05, 0.1) is 16.1 Å². The third-order valence-corrected chi connectivity index (χ3v) is 4.09. The Balaban J connectivity index is 2.13. The highest BCUT2D eigenvalue weighted by molar-refractivity contribution is 6.42. The summed E-state index contributed by atoms with van der Waals surface area (Å²) in [6, 6.07) is 3.17. The molecule has 0 N–H and O–H groups in total. The molecule has 1 aromatic rings. The lowest BCUT2D eigenvalue weighted by molar-refractivity contribution is -0.122. The third kappa shape index (κ3) is 1.57. The number of piperidine rings is 1. The van der Waals surface area contributed by atoms with E-state index in [-0.39, 0.29) is 17.7 Å². The Morgan fingerprint density at radius 2 is 1.88 bits per heavy atom. The van der Waals surface area contributed by atoms with Crippen molar-refractivity contribution in [1.82, 2.24) is 4.90 Å². The van der Waals surface area contributed by atoms with Crippen LogP contribution in [0.1, 0.15) is 34.8 Å². The molecule has 1 saturated heterocycles. The van der Waals surface area contributed by atoms with Gasteiger partial charge in [-0.25, -0.2) is 0 Å². The number of fused-ring (bicyclic) bond motifs is 3. The molecular weight excluding hydrogens is 261 g/mol. The predicted octanol–water partition coefficient (Wildman–Crippen LogP) is 2.85. The van der Waals surface area contributed by atoms with Crippen LogP contribution in [0.4, 0.5) is 0 Å². The second-order valence-electron chi connectivity index (χ2n) is 4.36. The predicted molar refractivity (Wildman–Crippen MR) is 64.5 cm³/mol. The molecule has 3 rings (SSSR count). The molecule has 1 amide bonds. The lowest BCUT2D eigenvalue weighted by Gasteiger charge is -2.29. The van der Waals surface area contributed by atoms with Crippen LogP contribution >= 0.6 is 23.2 Å². The number of halogens is 2. The Morgan fingerprint density at radius 3 is 2.65 bits per heavy atom. The van der Waals surface area contributed by atoms with E-state index < -0.39 is 0 Å². The Hall–Kier alpha value is -1.06. The summed E-state index contributed by atoms with van der Waals surface area (Å²) in [7, 11) is 0. The number of nitrogens with zero attached hydrogens (tertiary/aromatic N) is 1. The fourth-order valence-electron chi connectivity index (χ4n) is 2.53. The van der Waals surface area contributed by atoms with Crippen LogP contribution < -0.4 is 0 Å². The van der Waals surface area contributed by atoms with Crippen LogP contribution in [0, 0.1) is 0 Å². The summed E-state index contributed by atoms with van der Waals surface area (Å²) in [5, 5.41) is 0.808. The second-order valence-corrected chi connectivity index (χ2v) is 5.18. The lowest BCUT2D eigenvalue weighted by atomic mass is 9.96. The Labute approximate surface area is 108 Å². The first-order valence-corrected chi connectivity index (χ1v) is 6.15. The van der Waals surface area contributed by atoms with E-state index in [9.17, 15) is 9.59 Å². The topological polar surface area (TPSA) is 37.4 Å². The first-order chi connectivity index (χ1) is 8.08. The van der Waals surface area contributed by atoms with Crippen molar-refractivity contribution in [2.24, 2.45) is 0 Å². The van der Waals surface area contributed by atoms with Gasteiger partial charge in [-0.3, -0.25) is 9.59 Å². The van der Waals surface area contributed by atoms with Gasteiger partial charge in [0, 0.05) is 24.9 Å². The maximum Gasteiger partial charge on any atom is 0.254 e. The molecule has 2 heterocycles. The van der Waals surface area contributed by atoms with Gasteiger partial charge in [0.1, 0.15) is 5.78 Å². The maximum atomic E-state index is 12.1. The van der Waals surface area contributed by atoms with Gasteiger partial charge in [0.2, 0.25) is 0 Å². The molecule has 2 aliphatic heterocycles. The average molecular weight is 270 g/mol. The molecule has 0 radical (unpaired) electrons. The molecule has 88 valence electrons. The molecule has 1 unspecified atom stereocenters. The molecule has 0 spiro atoms. The third-order valence-electron chi connectivity index (χ3n) is 3.37. The molecule has 17 heavy (non-hydrogen) atoms. The molecule has 3 nitrogen and oxygen atoms in total. The molecule has 5 heteroatoms. The zero-order chi connectivity index (χ0) is 12.2. The van der Waals surface area contributed by atoms with Crippen LogP contribution in [0.15, 0.2) is 12.1 Å². The van der Waals surface area contributed by atoms with Gasteiger partial charge in [-0.05, 0) is 17.7 Å². The monoisotopic (exact) mass is 269 g/mol. The minimum Gasteiger partial charge on any atom is -0.331 e. The fraction of sp³-hybridized carbons (Fsp3) is 0.333. The van der Waals surface area contributed by atoms with E-state index in [0.29, 0.717) is 35.0 Å². The molecule has 1 atom stereocenters. The van der Waals surface area contributed by atoms with E-state index in [2.05, 4.69) is 0 Å². The quantitative estimate of drug-likeness (QED) is 0.727. The summed E-state index contributed by atoms with van der Waals surface area (Å²) in [6.45, 7) is 0.492. The number of carbonyl (C=O) groups is 2. The summed E-state index contributed by atoms with van der Waals surface area (Å²) in [6.07, 6.45) is 0.828. The minimum absolute atomic E-state index is 0.0453. The molecule has 2 aliphatic rings. The van der Waals surface area contributed by atoms with Crippen molar-refractivity contribution in [2.45, 2.75) is 18.9 Å². The zero-order valence-corrected chi connectivity index (χ0v) is 10.4. The summed E-state index contributed by atoms with van der Waals surface area (Å²) >= 11 is 11.9. The van der Waals surface area contributed by atoms with Crippen LogP contribution in [-0.2, 0) is 4.79 Å². The van der Waals surface area contributed by atoms with Crippen LogP contribution in [0.5, 0.6) is 0 Å². The smallest absolute Gasteiger partial charge is 0.254 e. The van der Waals surface area contributed by atoms with Crippen molar-refractivity contribution in [2.75, 3.05) is 6.54 Å². The fourth-order valence-corrected chi connectivity index (χ4v) is 2.86. The standard InChI is InChI=1S/C12H9Cl2NO2/c13-9-4-7-8(5-10(9)14)12(17)15-2-1-6(16)3-11(7)15/h4-5,11H,1-3H2. The maximum absolute atomic E-state index is 12.1. The Kier molecular flexibility index (Phi) is 2.42. The van der Waals surface area contributed by atoms with Crippen molar-refractivity contribution < 1.29 is 9.59 Å². The molecule has 0 aliphatic carbocycles. The van der Waals surface area contributed by atoms with E-state index in [4.69, 9.17) is 23.2 Å². The van der Waals surface area contributed by atoms with Crippen molar-refractivity contribution in [3.05, 3.63) is 33.3 Å². The van der Waals surface area contributed by atoms with Gasteiger partial charge in [0.25, 0.3) is 5.91 Å². The highest BCUT2D eigenvalue weighted by Crippen LogP contribution is 2.41. The van der Waals surface area contributed by atoms with Gasteiger partial charge in [0.15, 0.2) is 0 Å². The average Bonchev–Trinajstić information content (AvgIpc) is 2.54. The number of hydrogen-bond donors (Lipinski definition) is 0. The van der Waals surface area contributed by atoms with Crippen molar-refractivity contribution in [1.29, 1.82) is 0 Å². The number of Topliss-reactive ketones (excluding diaryl/α,β-unsaturated/α-hetero) is 1. The van der Waals surface area contributed by atoms with Crippen LogP contribution in [0.3, 0.4) is 0 Å². The highest BCUT2D eigenvalue weighted by Gasteiger charge is 2.40. The van der Waals surface area contributed by atoms with Crippen molar-refractivity contribution in [3.8, 4) is 0 Å². The number of benzene rings is 1. The SMILES string of the molecule is O=C1CCN2C(=O)c3cc(Cl)c(Cl)cc3C2C1. The number of amides is 1. The van der Waals surface area contributed by atoms with Crippen LogP contribution in [0.25, 0.3) is 0 Å². The second kappa shape index (κ2) is 3.72. The van der Waals surface area contributed by atoms with Crippen molar-refractivity contribution >= 4 is 34.9 Å². The molecule has 0 saturated carbocycles. The normalized spacial score (nSPS) is 22.7. The minimum atomic E-state index is -0.145. The molecule has 0 bridgehead atoms.